The van der Waals surface area contributed by atoms with Crippen molar-refractivity contribution in [2.45, 2.75) is 20.4 Å². The Hall–Kier alpha value is -2.93. The van der Waals surface area contributed by atoms with Crippen molar-refractivity contribution in [2.75, 3.05) is 13.1 Å². The average molecular weight is 397 g/mol. The van der Waals surface area contributed by atoms with Crippen molar-refractivity contribution in [3.8, 4) is 10.6 Å². The highest BCUT2D eigenvalue weighted by molar-refractivity contribution is 7.13. The first-order valence-corrected chi connectivity index (χ1v) is 10.1. The zero-order chi connectivity index (χ0) is 19.9. The Bertz CT molecular complexity index is 917. The molecule has 2 amide bonds. The molecule has 3 aromatic rings. The van der Waals surface area contributed by atoms with E-state index in [1.807, 2.05) is 61.7 Å². The maximum atomic E-state index is 12.7. The number of benzene rings is 1. The number of thiophene rings is 1. The van der Waals surface area contributed by atoms with Crippen LogP contribution in [0.4, 0.5) is 0 Å². The fourth-order valence-corrected chi connectivity index (χ4v) is 3.42. The normalized spacial score (nSPS) is 10.8. The quantitative estimate of drug-likeness (QED) is 0.574. The van der Waals surface area contributed by atoms with Gasteiger partial charge in [0.2, 0.25) is 5.91 Å². The molecule has 2 heterocycles. The van der Waals surface area contributed by atoms with Gasteiger partial charge in [-0.15, -0.1) is 11.3 Å². The van der Waals surface area contributed by atoms with E-state index in [1.165, 1.54) is 0 Å². The highest BCUT2D eigenvalue weighted by Crippen LogP contribution is 2.27. The molecule has 1 aromatic carbocycles. The molecule has 0 aliphatic carbocycles. The Labute approximate surface area is 168 Å². The number of carbonyl (C=O) groups excluding carboxylic acids is 2. The predicted octanol–water partition coefficient (Wildman–Crippen LogP) is 3.16. The summed E-state index contributed by atoms with van der Waals surface area (Å²) in [5.41, 5.74) is 2.33. The molecule has 146 valence electrons. The van der Waals surface area contributed by atoms with Gasteiger partial charge in [-0.05, 0) is 17.0 Å². The standard InChI is InChI=1S/C21H24N4O2S/c1-15(2)20(26)22-10-11-23-21(27)17-14-25(13-16-7-4-3-5-8-16)24-19(17)18-9-6-12-28-18/h3-9,12,14-15H,10-11,13H2,1-2H3,(H,22,26)(H,23,27). The van der Waals surface area contributed by atoms with Crippen LogP contribution < -0.4 is 10.6 Å². The highest BCUT2D eigenvalue weighted by atomic mass is 32.1. The highest BCUT2D eigenvalue weighted by Gasteiger charge is 2.18. The number of aromatic nitrogens is 2. The summed E-state index contributed by atoms with van der Waals surface area (Å²) in [4.78, 5) is 25.3. The molecule has 28 heavy (non-hydrogen) atoms. The first-order chi connectivity index (χ1) is 13.5. The van der Waals surface area contributed by atoms with E-state index in [0.717, 1.165) is 10.4 Å². The fourth-order valence-electron chi connectivity index (χ4n) is 2.70. The molecule has 2 N–H and O–H groups in total. The topological polar surface area (TPSA) is 76.0 Å². The SMILES string of the molecule is CC(C)C(=O)NCCNC(=O)c1cn(Cc2ccccc2)nc1-c1cccs1. The molecule has 0 aliphatic rings. The van der Waals surface area contributed by atoms with Gasteiger partial charge in [0.15, 0.2) is 0 Å². The molecule has 0 bridgehead atoms. The number of hydrogen-bond acceptors (Lipinski definition) is 4. The summed E-state index contributed by atoms with van der Waals surface area (Å²) in [5, 5.41) is 12.3. The maximum absolute atomic E-state index is 12.7. The number of nitrogens with one attached hydrogen (secondary N) is 2. The lowest BCUT2D eigenvalue weighted by Crippen LogP contribution is -2.36. The van der Waals surface area contributed by atoms with E-state index in [2.05, 4.69) is 15.7 Å². The Morgan fingerprint density at radius 3 is 2.50 bits per heavy atom. The van der Waals surface area contributed by atoms with Gasteiger partial charge in [-0.3, -0.25) is 14.3 Å². The van der Waals surface area contributed by atoms with Crippen LogP contribution in [0.3, 0.4) is 0 Å². The van der Waals surface area contributed by atoms with Gasteiger partial charge in [0.05, 0.1) is 17.0 Å². The Morgan fingerprint density at radius 2 is 1.82 bits per heavy atom. The number of amides is 2. The third kappa shape index (κ3) is 5.07. The second-order valence-corrected chi connectivity index (χ2v) is 7.70. The zero-order valence-electron chi connectivity index (χ0n) is 16.0. The van der Waals surface area contributed by atoms with Crippen molar-refractivity contribution in [2.24, 2.45) is 5.92 Å². The third-order valence-corrected chi connectivity index (χ3v) is 5.06. The second kappa shape index (κ2) is 9.32. The second-order valence-electron chi connectivity index (χ2n) is 6.75. The van der Waals surface area contributed by atoms with Gasteiger partial charge in [0.1, 0.15) is 5.69 Å². The molecule has 3 rings (SSSR count). The van der Waals surface area contributed by atoms with E-state index in [9.17, 15) is 9.59 Å². The van der Waals surface area contributed by atoms with Crippen LogP contribution in [0.1, 0.15) is 29.8 Å². The number of nitrogens with zero attached hydrogens (tertiary/aromatic N) is 2. The lowest BCUT2D eigenvalue weighted by atomic mass is 10.2. The molecule has 2 aromatic heterocycles. The van der Waals surface area contributed by atoms with E-state index >= 15 is 0 Å². The van der Waals surface area contributed by atoms with Gasteiger partial charge in [0.25, 0.3) is 5.91 Å². The van der Waals surface area contributed by atoms with E-state index < -0.39 is 0 Å². The fraction of sp³-hybridized carbons (Fsp3) is 0.286. The summed E-state index contributed by atoms with van der Waals surface area (Å²) in [7, 11) is 0. The van der Waals surface area contributed by atoms with Gasteiger partial charge in [-0.25, -0.2) is 0 Å². The minimum Gasteiger partial charge on any atom is -0.354 e. The lowest BCUT2D eigenvalue weighted by Gasteiger charge is -2.08. The van der Waals surface area contributed by atoms with Crippen molar-refractivity contribution < 1.29 is 9.59 Å². The molecule has 0 atom stereocenters. The molecule has 0 fully saturated rings. The molecular formula is C21H24N4O2S. The summed E-state index contributed by atoms with van der Waals surface area (Å²) in [6, 6.07) is 13.9. The van der Waals surface area contributed by atoms with Gasteiger partial charge in [-0.1, -0.05) is 50.2 Å². The summed E-state index contributed by atoms with van der Waals surface area (Å²) < 4.78 is 1.79. The molecule has 0 spiro atoms. The van der Waals surface area contributed by atoms with Crippen molar-refractivity contribution in [1.29, 1.82) is 0 Å². The van der Waals surface area contributed by atoms with Gasteiger partial charge in [-0.2, -0.15) is 5.10 Å². The van der Waals surface area contributed by atoms with Crippen molar-refractivity contribution in [1.82, 2.24) is 20.4 Å². The molecule has 0 aliphatic heterocycles. The van der Waals surface area contributed by atoms with Crippen molar-refractivity contribution >= 4 is 23.2 Å². The molecule has 0 saturated carbocycles. The first-order valence-electron chi connectivity index (χ1n) is 9.25. The summed E-state index contributed by atoms with van der Waals surface area (Å²) >= 11 is 1.55. The largest absolute Gasteiger partial charge is 0.354 e. The van der Waals surface area contributed by atoms with E-state index in [0.29, 0.717) is 30.9 Å². The molecular weight excluding hydrogens is 372 g/mol. The molecule has 0 unspecified atom stereocenters. The van der Waals surface area contributed by atoms with Crippen LogP contribution in [-0.4, -0.2) is 34.7 Å². The lowest BCUT2D eigenvalue weighted by molar-refractivity contribution is -0.123. The smallest absolute Gasteiger partial charge is 0.255 e. The van der Waals surface area contributed by atoms with E-state index in [-0.39, 0.29) is 17.7 Å². The minimum absolute atomic E-state index is 0.0239. The molecule has 6 nitrogen and oxygen atoms in total. The minimum atomic E-state index is -0.193. The first kappa shape index (κ1) is 19.8. The van der Waals surface area contributed by atoms with Gasteiger partial charge in [0, 0.05) is 25.2 Å². The van der Waals surface area contributed by atoms with Crippen LogP contribution in [0.5, 0.6) is 0 Å². The van der Waals surface area contributed by atoms with Crippen LogP contribution >= 0.6 is 11.3 Å². The van der Waals surface area contributed by atoms with Crippen molar-refractivity contribution in [3.63, 3.8) is 0 Å². The molecule has 0 saturated heterocycles. The van der Waals surface area contributed by atoms with E-state index in [1.54, 1.807) is 22.2 Å². The van der Waals surface area contributed by atoms with Crippen LogP contribution in [0.15, 0.2) is 54.0 Å². The summed E-state index contributed by atoms with van der Waals surface area (Å²) in [6.07, 6.45) is 1.78. The van der Waals surface area contributed by atoms with Gasteiger partial charge < -0.3 is 10.6 Å². The number of carbonyl (C=O) groups is 2. The summed E-state index contributed by atoms with van der Waals surface area (Å²) in [6.45, 7) is 5.03. The molecule has 0 radical (unpaired) electrons. The van der Waals surface area contributed by atoms with Crippen LogP contribution in [0.2, 0.25) is 0 Å². The Balaban J connectivity index is 1.71. The predicted molar refractivity (Wildman–Crippen MR) is 111 cm³/mol. The van der Waals surface area contributed by atoms with Crippen LogP contribution in [-0.2, 0) is 11.3 Å². The summed E-state index contributed by atoms with van der Waals surface area (Å²) in [5.74, 6) is -0.289. The zero-order valence-corrected chi connectivity index (χ0v) is 16.8. The Morgan fingerprint density at radius 1 is 1.07 bits per heavy atom. The Kier molecular flexibility index (Phi) is 6.60. The van der Waals surface area contributed by atoms with Crippen LogP contribution in [0, 0.1) is 5.92 Å². The number of rotatable bonds is 8. The number of hydrogen-bond donors (Lipinski definition) is 2. The van der Waals surface area contributed by atoms with Crippen LogP contribution in [0.25, 0.3) is 10.6 Å². The van der Waals surface area contributed by atoms with E-state index in [4.69, 9.17) is 0 Å². The van der Waals surface area contributed by atoms with Gasteiger partial charge >= 0.3 is 0 Å². The molecule has 7 heteroatoms. The van der Waals surface area contributed by atoms with Crippen molar-refractivity contribution in [3.05, 3.63) is 65.2 Å². The average Bonchev–Trinajstić information content (AvgIpc) is 3.35. The maximum Gasteiger partial charge on any atom is 0.255 e. The monoisotopic (exact) mass is 396 g/mol. The third-order valence-electron chi connectivity index (χ3n) is 4.18.